The van der Waals surface area contributed by atoms with Gasteiger partial charge in [0.1, 0.15) is 5.75 Å². The van der Waals surface area contributed by atoms with Gasteiger partial charge in [-0.05, 0) is 24.8 Å². The molecular weight excluding hydrogens is 214 g/mol. The lowest BCUT2D eigenvalue weighted by Crippen LogP contribution is -2.13. The fourth-order valence-corrected chi connectivity index (χ4v) is 2.71. The van der Waals surface area contributed by atoms with Crippen LogP contribution in [0.3, 0.4) is 0 Å². The molecular formula is C14H21NO2. The van der Waals surface area contributed by atoms with E-state index in [1.165, 1.54) is 31.7 Å². The number of hydrogen-bond donors (Lipinski definition) is 3. The molecule has 1 aromatic carbocycles. The van der Waals surface area contributed by atoms with E-state index in [-0.39, 0.29) is 5.75 Å². The summed E-state index contributed by atoms with van der Waals surface area (Å²) in [5.74, 6) is 0.462. The average Bonchev–Trinajstić information content (AvgIpc) is 2.56. The largest absolute Gasteiger partial charge is 0.508 e. The molecule has 1 aromatic rings. The molecule has 1 aliphatic rings. The highest BCUT2D eigenvalue weighted by Crippen LogP contribution is 2.36. The molecule has 0 spiro atoms. The second-order valence-corrected chi connectivity index (χ2v) is 5.01. The van der Waals surface area contributed by atoms with Crippen LogP contribution in [0.25, 0.3) is 0 Å². The van der Waals surface area contributed by atoms with E-state index in [1.54, 1.807) is 12.1 Å². The van der Waals surface area contributed by atoms with Crippen LogP contribution in [0.2, 0.25) is 0 Å². The predicted molar refractivity (Wildman–Crippen MR) is 68.7 cm³/mol. The molecule has 3 nitrogen and oxygen atoms in total. The zero-order valence-electron chi connectivity index (χ0n) is 10.1. The van der Waals surface area contributed by atoms with E-state index < -0.39 is 6.10 Å². The number of nitrogens with two attached hydrogens (primary N) is 1. The van der Waals surface area contributed by atoms with Crippen molar-refractivity contribution in [2.45, 2.75) is 44.6 Å². The summed E-state index contributed by atoms with van der Waals surface area (Å²) >= 11 is 0. The van der Waals surface area contributed by atoms with Gasteiger partial charge in [0.2, 0.25) is 0 Å². The Kier molecular flexibility index (Phi) is 3.89. The minimum Gasteiger partial charge on any atom is -0.508 e. The SMILES string of the molecule is Nc1cc(O)ccc1C(O)C1CCCCCC1. The number of anilines is 1. The molecule has 1 unspecified atom stereocenters. The predicted octanol–water partition coefficient (Wildman–Crippen LogP) is 2.98. The first-order valence-corrected chi connectivity index (χ1v) is 6.45. The maximum absolute atomic E-state index is 10.4. The third-order valence-corrected chi connectivity index (χ3v) is 3.74. The number of benzene rings is 1. The van der Waals surface area contributed by atoms with Gasteiger partial charge in [-0.2, -0.15) is 0 Å². The molecule has 0 aromatic heterocycles. The van der Waals surface area contributed by atoms with Gasteiger partial charge in [-0.15, -0.1) is 0 Å². The summed E-state index contributed by atoms with van der Waals surface area (Å²) in [7, 11) is 0. The molecule has 0 aliphatic heterocycles. The monoisotopic (exact) mass is 235 g/mol. The highest BCUT2D eigenvalue weighted by Gasteiger charge is 2.23. The molecule has 0 radical (unpaired) electrons. The smallest absolute Gasteiger partial charge is 0.117 e. The number of phenolic OH excluding ortho intramolecular Hbond substituents is 1. The molecule has 0 amide bonds. The van der Waals surface area contributed by atoms with Crippen LogP contribution in [0.4, 0.5) is 5.69 Å². The topological polar surface area (TPSA) is 66.5 Å². The van der Waals surface area contributed by atoms with Crippen molar-refractivity contribution in [3.05, 3.63) is 23.8 Å². The van der Waals surface area contributed by atoms with E-state index in [1.807, 2.05) is 0 Å². The molecule has 2 rings (SSSR count). The maximum Gasteiger partial charge on any atom is 0.117 e. The number of aromatic hydroxyl groups is 1. The van der Waals surface area contributed by atoms with Gasteiger partial charge in [-0.1, -0.05) is 31.7 Å². The summed E-state index contributed by atoms with van der Waals surface area (Å²) < 4.78 is 0. The number of phenols is 1. The number of aliphatic hydroxyl groups is 1. The molecule has 1 aliphatic carbocycles. The summed E-state index contributed by atoms with van der Waals surface area (Å²) in [6, 6.07) is 4.83. The van der Waals surface area contributed by atoms with Gasteiger partial charge in [0.25, 0.3) is 0 Å². The van der Waals surface area contributed by atoms with E-state index in [0.717, 1.165) is 18.4 Å². The molecule has 4 N–H and O–H groups in total. The van der Waals surface area contributed by atoms with Crippen LogP contribution in [0.1, 0.15) is 50.2 Å². The Morgan fingerprint density at radius 1 is 1.12 bits per heavy atom. The quantitative estimate of drug-likeness (QED) is 0.545. The molecule has 1 saturated carbocycles. The van der Waals surface area contributed by atoms with Crippen LogP contribution >= 0.6 is 0 Å². The standard InChI is InChI=1S/C14H21NO2/c15-13-9-11(16)7-8-12(13)14(17)10-5-3-1-2-4-6-10/h7-10,14,16-17H,1-6,15H2. The van der Waals surface area contributed by atoms with Gasteiger partial charge in [0.05, 0.1) is 6.10 Å². The third kappa shape index (κ3) is 2.91. The highest BCUT2D eigenvalue weighted by atomic mass is 16.3. The minimum atomic E-state index is -0.492. The second-order valence-electron chi connectivity index (χ2n) is 5.01. The van der Waals surface area contributed by atoms with Crippen molar-refractivity contribution in [3.63, 3.8) is 0 Å². The van der Waals surface area contributed by atoms with Crippen molar-refractivity contribution in [3.8, 4) is 5.75 Å². The van der Waals surface area contributed by atoms with Crippen molar-refractivity contribution in [1.82, 2.24) is 0 Å². The van der Waals surface area contributed by atoms with Gasteiger partial charge in [-0.3, -0.25) is 0 Å². The van der Waals surface area contributed by atoms with Crippen LogP contribution < -0.4 is 5.73 Å². The minimum absolute atomic E-state index is 0.152. The molecule has 0 bridgehead atoms. The van der Waals surface area contributed by atoms with E-state index in [2.05, 4.69) is 0 Å². The Balaban J connectivity index is 2.14. The fraction of sp³-hybridized carbons (Fsp3) is 0.571. The van der Waals surface area contributed by atoms with Crippen molar-refractivity contribution >= 4 is 5.69 Å². The summed E-state index contributed by atoms with van der Waals surface area (Å²) in [6.45, 7) is 0. The Labute approximate surface area is 102 Å². The maximum atomic E-state index is 10.4. The Morgan fingerprint density at radius 3 is 2.35 bits per heavy atom. The van der Waals surface area contributed by atoms with Crippen molar-refractivity contribution in [2.24, 2.45) is 5.92 Å². The lowest BCUT2D eigenvalue weighted by Gasteiger charge is -2.22. The summed E-state index contributed by atoms with van der Waals surface area (Å²) in [4.78, 5) is 0. The van der Waals surface area contributed by atoms with E-state index in [0.29, 0.717) is 11.6 Å². The van der Waals surface area contributed by atoms with Crippen molar-refractivity contribution in [1.29, 1.82) is 0 Å². The number of rotatable bonds is 2. The van der Waals surface area contributed by atoms with Crippen LogP contribution in [0.5, 0.6) is 5.75 Å². The van der Waals surface area contributed by atoms with E-state index >= 15 is 0 Å². The first kappa shape index (κ1) is 12.2. The normalized spacial score (nSPS) is 19.8. The summed E-state index contributed by atoms with van der Waals surface area (Å²) in [6.07, 6.45) is 6.58. The average molecular weight is 235 g/mol. The van der Waals surface area contributed by atoms with Gasteiger partial charge in [0, 0.05) is 17.3 Å². The molecule has 1 fully saturated rings. The lowest BCUT2D eigenvalue weighted by molar-refractivity contribution is 0.0994. The molecule has 1 atom stereocenters. The third-order valence-electron chi connectivity index (χ3n) is 3.74. The number of aliphatic hydroxyl groups excluding tert-OH is 1. The Morgan fingerprint density at radius 2 is 1.76 bits per heavy atom. The number of nitrogen functional groups attached to an aromatic ring is 1. The molecule has 94 valence electrons. The molecule has 17 heavy (non-hydrogen) atoms. The Bertz CT molecular complexity index is 370. The van der Waals surface area contributed by atoms with Crippen LogP contribution in [0.15, 0.2) is 18.2 Å². The molecule has 0 heterocycles. The first-order chi connectivity index (χ1) is 8.18. The second kappa shape index (κ2) is 5.41. The van der Waals surface area contributed by atoms with Gasteiger partial charge in [-0.25, -0.2) is 0 Å². The van der Waals surface area contributed by atoms with E-state index in [9.17, 15) is 10.2 Å². The van der Waals surface area contributed by atoms with Crippen molar-refractivity contribution < 1.29 is 10.2 Å². The van der Waals surface area contributed by atoms with E-state index in [4.69, 9.17) is 5.73 Å². The van der Waals surface area contributed by atoms with Crippen molar-refractivity contribution in [2.75, 3.05) is 5.73 Å². The lowest BCUT2D eigenvalue weighted by atomic mass is 9.89. The van der Waals surface area contributed by atoms with Gasteiger partial charge >= 0.3 is 0 Å². The van der Waals surface area contributed by atoms with Crippen LogP contribution in [-0.4, -0.2) is 10.2 Å². The summed E-state index contributed by atoms with van der Waals surface area (Å²) in [5, 5.41) is 19.7. The molecule has 0 saturated heterocycles. The van der Waals surface area contributed by atoms with Gasteiger partial charge < -0.3 is 15.9 Å². The number of hydrogen-bond acceptors (Lipinski definition) is 3. The summed E-state index contributed by atoms with van der Waals surface area (Å²) in [5.41, 5.74) is 7.09. The fourth-order valence-electron chi connectivity index (χ4n) is 2.71. The van der Waals surface area contributed by atoms with Gasteiger partial charge in [0.15, 0.2) is 0 Å². The highest BCUT2D eigenvalue weighted by molar-refractivity contribution is 5.52. The zero-order chi connectivity index (χ0) is 12.3. The van der Waals surface area contributed by atoms with Crippen LogP contribution in [0, 0.1) is 5.92 Å². The molecule has 3 heteroatoms. The zero-order valence-corrected chi connectivity index (χ0v) is 10.1. The Hall–Kier alpha value is -1.22. The first-order valence-electron chi connectivity index (χ1n) is 6.45. The van der Waals surface area contributed by atoms with Crippen LogP contribution in [-0.2, 0) is 0 Å².